The molecule has 2 aliphatic rings. The molecule has 1 unspecified atom stereocenters. The Hall–Kier alpha value is -2.21. The Morgan fingerprint density at radius 3 is 2.89 bits per heavy atom. The van der Waals surface area contributed by atoms with E-state index in [9.17, 15) is 4.79 Å². The summed E-state index contributed by atoms with van der Waals surface area (Å²) in [5.41, 5.74) is 1.29. The van der Waals surface area contributed by atoms with Crippen molar-refractivity contribution in [2.24, 2.45) is 0 Å². The van der Waals surface area contributed by atoms with Crippen molar-refractivity contribution in [2.45, 2.75) is 63.6 Å². The summed E-state index contributed by atoms with van der Waals surface area (Å²) in [5.74, 6) is 2.07. The van der Waals surface area contributed by atoms with Crippen molar-refractivity contribution in [1.82, 2.24) is 15.0 Å². The molecule has 0 N–H and O–H groups in total. The van der Waals surface area contributed by atoms with E-state index in [-0.39, 0.29) is 12.0 Å². The molecule has 1 aliphatic heterocycles. The maximum absolute atomic E-state index is 12.5. The van der Waals surface area contributed by atoms with Crippen LogP contribution in [0.15, 0.2) is 34.9 Å². The minimum Gasteiger partial charge on any atom is -0.367 e. The first-order chi connectivity index (χ1) is 13.3. The summed E-state index contributed by atoms with van der Waals surface area (Å²) in [4.78, 5) is 18.9. The Bertz CT molecular complexity index is 742. The van der Waals surface area contributed by atoms with E-state index in [0.29, 0.717) is 31.4 Å². The number of piperidine rings is 1. The summed E-state index contributed by atoms with van der Waals surface area (Å²) in [6, 6.07) is 10.3. The number of hydrogen-bond acceptors (Lipinski definition) is 5. The number of ether oxygens (including phenoxy) is 1. The molecule has 0 spiro atoms. The van der Waals surface area contributed by atoms with Crippen LogP contribution >= 0.6 is 0 Å². The molecule has 144 valence electrons. The number of amides is 1. The molecule has 2 fully saturated rings. The highest BCUT2D eigenvalue weighted by Gasteiger charge is 2.29. The molecular weight excluding hydrogens is 342 g/mol. The first-order valence-electron chi connectivity index (χ1n) is 10.0. The van der Waals surface area contributed by atoms with Crippen LogP contribution in [0.3, 0.4) is 0 Å². The fourth-order valence-corrected chi connectivity index (χ4v) is 3.57. The van der Waals surface area contributed by atoms with E-state index in [2.05, 4.69) is 22.3 Å². The molecule has 27 heavy (non-hydrogen) atoms. The van der Waals surface area contributed by atoms with Gasteiger partial charge in [-0.05, 0) is 44.1 Å². The van der Waals surface area contributed by atoms with E-state index in [4.69, 9.17) is 9.26 Å². The van der Waals surface area contributed by atoms with Crippen LogP contribution in [0.2, 0.25) is 0 Å². The number of likely N-dealkylation sites (tertiary alicyclic amines) is 1. The fraction of sp³-hybridized carbons (Fsp3) is 0.571. The number of rotatable bonds is 8. The van der Waals surface area contributed by atoms with Crippen LogP contribution in [-0.4, -0.2) is 40.1 Å². The SMILES string of the molecule is O=C(CCCc1ccccc1)N1CCCC(OCc2nc(C3CC3)no2)C1. The molecule has 0 bridgehead atoms. The number of carbonyl (C=O) groups is 1. The molecular formula is C21H27N3O3. The largest absolute Gasteiger partial charge is 0.367 e. The van der Waals surface area contributed by atoms with E-state index in [1.165, 1.54) is 5.56 Å². The molecule has 6 nitrogen and oxygen atoms in total. The quantitative estimate of drug-likeness (QED) is 0.713. The van der Waals surface area contributed by atoms with Crippen molar-refractivity contribution in [3.05, 3.63) is 47.6 Å². The third-order valence-corrected chi connectivity index (χ3v) is 5.30. The van der Waals surface area contributed by atoms with Crippen molar-refractivity contribution >= 4 is 5.91 Å². The number of nitrogens with zero attached hydrogens (tertiary/aromatic N) is 3. The van der Waals surface area contributed by atoms with Crippen LogP contribution in [0.1, 0.15) is 61.7 Å². The predicted molar refractivity (Wildman–Crippen MR) is 100 cm³/mol. The van der Waals surface area contributed by atoms with Gasteiger partial charge in [-0.15, -0.1) is 0 Å². The average molecular weight is 369 g/mol. The van der Waals surface area contributed by atoms with Gasteiger partial charge in [0.25, 0.3) is 5.89 Å². The van der Waals surface area contributed by atoms with Crippen molar-refractivity contribution < 1.29 is 14.1 Å². The summed E-state index contributed by atoms with van der Waals surface area (Å²) in [6.45, 7) is 1.82. The van der Waals surface area contributed by atoms with E-state index in [1.54, 1.807) is 0 Å². The molecule has 1 amide bonds. The summed E-state index contributed by atoms with van der Waals surface area (Å²) in [6.07, 6.45) is 6.73. The maximum Gasteiger partial charge on any atom is 0.252 e. The zero-order valence-electron chi connectivity index (χ0n) is 15.7. The van der Waals surface area contributed by atoms with Crippen LogP contribution in [0, 0.1) is 0 Å². The second-order valence-corrected chi connectivity index (χ2v) is 7.57. The smallest absolute Gasteiger partial charge is 0.252 e. The second-order valence-electron chi connectivity index (χ2n) is 7.57. The molecule has 1 saturated heterocycles. The van der Waals surface area contributed by atoms with E-state index >= 15 is 0 Å². The Morgan fingerprint density at radius 2 is 2.07 bits per heavy atom. The first kappa shape index (κ1) is 18.2. The van der Waals surface area contributed by atoms with Gasteiger partial charge in [-0.3, -0.25) is 4.79 Å². The van der Waals surface area contributed by atoms with Gasteiger partial charge in [0.1, 0.15) is 6.61 Å². The van der Waals surface area contributed by atoms with Crippen molar-refractivity contribution in [1.29, 1.82) is 0 Å². The number of carbonyl (C=O) groups excluding carboxylic acids is 1. The zero-order valence-corrected chi connectivity index (χ0v) is 15.7. The van der Waals surface area contributed by atoms with E-state index in [1.807, 2.05) is 23.1 Å². The maximum atomic E-state index is 12.5. The number of benzene rings is 1. The molecule has 1 aromatic carbocycles. The van der Waals surface area contributed by atoms with Crippen LogP contribution in [-0.2, 0) is 22.6 Å². The predicted octanol–water partition coefficient (Wildman–Crippen LogP) is 3.48. The average Bonchev–Trinajstić information content (AvgIpc) is 3.45. The van der Waals surface area contributed by atoms with Crippen molar-refractivity contribution in [3.8, 4) is 0 Å². The third kappa shape index (κ3) is 5.16. The molecule has 2 aromatic rings. The standard InChI is InChI=1S/C21H27N3O3/c25-20(10-4-8-16-6-2-1-3-7-16)24-13-5-9-18(14-24)26-15-19-22-21(23-27-19)17-11-12-17/h1-3,6-7,17-18H,4-5,8-15H2. The zero-order chi connectivity index (χ0) is 18.5. The Kier molecular flexibility index (Phi) is 5.82. The molecule has 4 rings (SSSR count). The summed E-state index contributed by atoms with van der Waals surface area (Å²) in [5, 5.41) is 4.01. The monoisotopic (exact) mass is 369 g/mol. The molecule has 6 heteroatoms. The van der Waals surface area contributed by atoms with Crippen LogP contribution in [0.25, 0.3) is 0 Å². The number of aromatic nitrogens is 2. The van der Waals surface area contributed by atoms with Crippen LogP contribution < -0.4 is 0 Å². The Balaban J connectivity index is 1.19. The van der Waals surface area contributed by atoms with E-state index in [0.717, 1.165) is 50.9 Å². The lowest BCUT2D eigenvalue weighted by Crippen LogP contribution is -2.43. The molecule has 2 heterocycles. The highest BCUT2D eigenvalue weighted by atomic mass is 16.5. The lowest BCUT2D eigenvalue weighted by Gasteiger charge is -2.32. The van der Waals surface area contributed by atoms with Gasteiger partial charge in [0.15, 0.2) is 5.82 Å². The van der Waals surface area contributed by atoms with Gasteiger partial charge >= 0.3 is 0 Å². The number of aryl methyl sites for hydroxylation is 1. The summed E-state index contributed by atoms with van der Waals surface area (Å²) in [7, 11) is 0. The van der Waals surface area contributed by atoms with Gasteiger partial charge in [-0.2, -0.15) is 4.98 Å². The summed E-state index contributed by atoms with van der Waals surface area (Å²) >= 11 is 0. The van der Waals surface area contributed by atoms with Gasteiger partial charge in [0, 0.05) is 25.4 Å². The first-order valence-corrected chi connectivity index (χ1v) is 10.0. The molecule has 1 saturated carbocycles. The van der Waals surface area contributed by atoms with Gasteiger partial charge in [-0.1, -0.05) is 35.5 Å². The van der Waals surface area contributed by atoms with Gasteiger partial charge in [-0.25, -0.2) is 0 Å². The molecule has 1 aromatic heterocycles. The van der Waals surface area contributed by atoms with Crippen LogP contribution in [0.4, 0.5) is 0 Å². The topological polar surface area (TPSA) is 68.5 Å². The van der Waals surface area contributed by atoms with Gasteiger partial charge in [0.05, 0.1) is 6.10 Å². The third-order valence-electron chi connectivity index (χ3n) is 5.30. The normalized spacial score (nSPS) is 20.0. The summed E-state index contributed by atoms with van der Waals surface area (Å²) < 4.78 is 11.2. The fourth-order valence-electron chi connectivity index (χ4n) is 3.57. The van der Waals surface area contributed by atoms with Crippen molar-refractivity contribution in [2.75, 3.05) is 13.1 Å². The number of hydrogen-bond donors (Lipinski definition) is 0. The van der Waals surface area contributed by atoms with Gasteiger partial charge in [0.2, 0.25) is 5.91 Å². The van der Waals surface area contributed by atoms with Gasteiger partial charge < -0.3 is 14.2 Å². The van der Waals surface area contributed by atoms with E-state index < -0.39 is 0 Å². The lowest BCUT2D eigenvalue weighted by molar-refractivity contribution is -0.135. The Labute approximate surface area is 159 Å². The van der Waals surface area contributed by atoms with Crippen LogP contribution in [0.5, 0.6) is 0 Å². The highest BCUT2D eigenvalue weighted by Crippen LogP contribution is 2.38. The Morgan fingerprint density at radius 1 is 1.22 bits per heavy atom. The molecule has 1 atom stereocenters. The van der Waals surface area contributed by atoms with Crippen molar-refractivity contribution in [3.63, 3.8) is 0 Å². The molecule has 1 aliphatic carbocycles. The second kappa shape index (κ2) is 8.65. The minimum atomic E-state index is 0.0492. The highest BCUT2D eigenvalue weighted by molar-refractivity contribution is 5.76. The lowest BCUT2D eigenvalue weighted by atomic mass is 10.1. The minimum absolute atomic E-state index is 0.0492. The molecule has 0 radical (unpaired) electrons.